The second-order valence-corrected chi connectivity index (χ2v) is 2.59. The Morgan fingerprint density at radius 2 is 1.85 bits per heavy atom. The number of hydrogen-bond donors (Lipinski definition) is 2. The molecule has 0 aliphatic carbocycles. The molecule has 2 aromatic heterocycles. The lowest BCUT2D eigenvalue weighted by Crippen LogP contribution is -2.73. The molecule has 2 aromatic rings. The molecule has 3 N–H and O–H groups in total. The summed E-state index contributed by atoms with van der Waals surface area (Å²) in [6.45, 7) is 0. The molecular weight excluding hydrogens is 173 g/mol. The van der Waals surface area contributed by atoms with Crippen molar-refractivity contribution in [3.05, 3.63) is 30.3 Å². The fourth-order valence-corrected chi connectivity index (χ4v) is 1.06. The zero-order valence-electron chi connectivity index (χ0n) is 6.61. The minimum atomic E-state index is -0.416. The van der Waals surface area contributed by atoms with Crippen molar-refractivity contribution in [1.82, 2.24) is 9.97 Å². The van der Waals surface area contributed by atoms with Crippen LogP contribution in [0.1, 0.15) is 0 Å². The Labute approximate surface area is 73.0 Å². The highest BCUT2D eigenvalue weighted by Gasteiger charge is 2.01. The molecule has 0 atom stereocenters. The van der Waals surface area contributed by atoms with Gasteiger partial charge in [0.15, 0.2) is 5.69 Å². The predicted octanol–water partition coefficient (Wildman–Crippen LogP) is 0.353. The van der Waals surface area contributed by atoms with Gasteiger partial charge in [0.1, 0.15) is 5.82 Å². The van der Waals surface area contributed by atoms with Crippen molar-refractivity contribution in [3.63, 3.8) is 0 Å². The number of fused-ring (bicyclic) bond motifs is 1. The van der Waals surface area contributed by atoms with E-state index < -0.39 is 5.82 Å². The lowest BCUT2D eigenvalue weighted by molar-refractivity contribution is -0.825. The van der Waals surface area contributed by atoms with Gasteiger partial charge in [-0.3, -0.25) is 4.98 Å². The lowest BCUT2D eigenvalue weighted by atomic mass is 10.3. The molecule has 66 valence electrons. The van der Waals surface area contributed by atoms with Crippen LogP contribution in [0.2, 0.25) is 0 Å². The molecule has 0 saturated heterocycles. The average Bonchev–Trinajstić information content (AvgIpc) is 2.17. The molecular formula is C8H7FN3O+. The predicted molar refractivity (Wildman–Crippen MR) is 42.9 cm³/mol. The first-order valence-electron chi connectivity index (χ1n) is 3.68. The number of nitrogens with two attached hydrogens (primary N) is 1. The van der Waals surface area contributed by atoms with Gasteiger partial charge < -0.3 is 0 Å². The normalized spacial score (nSPS) is 10.6. The third-order valence-corrected chi connectivity index (χ3v) is 1.67. The Kier molecular flexibility index (Phi) is 1.88. The molecule has 0 aliphatic heterocycles. The van der Waals surface area contributed by atoms with E-state index in [9.17, 15) is 4.39 Å². The van der Waals surface area contributed by atoms with Crippen LogP contribution < -0.4 is 5.48 Å². The van der Waals surface area contributed by atoms with Crippen LogP contribution in [0.25, 0.3) is 11.0 Å². The van der Waals surface area contributed by atoms with Crippen LogP contribution in [-0.4, -0.2) is 15.2 Å². The van der Waals surface area contributed by atoms with Gasteiger partial charge in [0.05, 0.1) is 23.4 Å². The molecule has 2 heterocycles. The molecule has 0 aromatic carbocycles. The van der Waals surface area contributed by atoms with Crippen molar-refractivity contribution in [2.24, 2.45) is 0 Å². The summed E-state index contributed by atoms with van der Waals surface area (Å²) >= 11 is 0. The molecule has 4 nitrogen and oxygen atoms in total. The van der Waals surface area contributed by atoms with Crippen molar-refractivity contribution in [3.8, 4) is 0 Å². The van der Waals surface area contributed by atoms with Crippen LogP contribution >= 0.6 is 0 Å². The SMILES string of the molecule is O[NH2+]c1cnc2cc(F)cnc2c1. The summed E-state index contributed by atoms with van der Waals surface area (Å²) in [6.07, 6.45) is 2.56. The van der Waals surface area contributed by atoms with E-state index in [0.29, 0.717) is 16.7 Å². The molecule has 0 unspecified atom stereocenters. The highest BCUT2D eigenvalue weighted by molar-refractivity contribution is 5.75. The number of aromatic nitrogens is 2. The fraction of sp³-hybridized carbons (Fsp3) is 0. The Bertz CT molecular complexity index is 446. The molecule has 0 aliphatic rings. The standard InChI is InChI=1S/C8H6FN3O/c9-5-1-7-8(10-3-5)2-6(12-13)4-11-7/h1-4,12-13H/p+1. The van der Waals surface area contributed by atoms with Gasteiger partial charge in [-0.2, -0.15) is 5.48 Å². The smallest absolute Gasteiger partial charge is 0.182 e. The first-order chi connectivity index (χ1) is 6.29. The highest BCUT2D eigenvalue weighted by atomic mass is 19.1. The number of rotatable bonds is 1. The summed E-state index contributed by atoms with van der Waals surface area (Å²) < 4.78 is 12.7. The largest absolute Gasteiger partial charge is 0.251 e. The van der Waals surface area contributed by atoms with Crippen LogP contribution in [-0.2, 0) is 0 Å². The molecule has 2 rings (SSSR count). The first-order valence-corrected chi connectivity index (χ1v) is 3.68. The van der Waals surface area contributed by atoms with Crippen LogP contribution in [0.5, 0.6) is 0 Å². The van der Waals surface area contributed by atoms with Crippen LogP contribution in [0, 0.1) is 5.82 Å². The summed E-state index contributed by atoms with van der Waals surface area (Å²) in [4.78, 5) is 7.74. The minimum absolute atomic E-state index is 0.416. The summed E-state index contributed by atoms with van der Waals surface area (Å²) in [7, 11) is 0. The van der Waals surface area contributed by atoms with E-state index in [1.54, 1.807) is 6.07 Å². The number of nitrogens with zero attached hydrogens (tertiary/aromatic N) is 2. The molecule has 5 heteroatoms. The van der Waals surface area contributed by atoms with Gasteiger partial charge in [-0.15, -0.1) is 0 Å². The molecule has 0 saturated carbocycles. The van der Waals surface area contributed by atoms with Gasteiger partial charge in [-0.25, -0.2) is 14.6 Å². The van der Waals surface area contributed by atoms with Gasteiger partial charge in [0.25, 0.3) is 0 Å². The van der Waals surface area contributed by atoms with E-state index in [1.165, 1.54) is 12.3 Å². The van der Waals surface area contributed by atoms with E-state index in [2.05, 4.69) is 9.97 Å². The quantitative estimate of drug-likeness (QED) is 0.622. The third-order valence-electron chi connectivity index (χ3n) is 1.67. The van der Waals surface area contributed by atoms with Crippen molar-refractivity contribution in [1.29, 1.82) is 0 Å². The van der Waals surface area contributed by atoms with E-state index in [4.69, 9.17) is 5.21 Å². The van der Waals surface area contributed by atoms with E-state index >= 15 is 0 Å². The highest BCUT2D eigenvalue weighted by Crippen LogP contribution is 2.11. The summed E-state index contributed by atoms with van der Waals surface area (Å²) in [5.41, 5.74) is 2.51. The van der Waals surface area contributed by atoms with Crippen LogP contribution in [0.3, 0.4) is 0 Å². The van der Waals surface area contributed by atoms with E-state index in [0.717, 1.165) is 11.7 Å². The van der Waals surface area contributed by atoms with Gasteiger partial charge in [0.2, 0.25) is 0 Å². The molecule has 0 amide bonds. The third kappa shape index (κ3) is 1.47. The number of halogens is 1. The molecule has 0 bridgehead atoms. The topological polar surface area (TPSA) is 62.6 Å². The zero-order valence-corrected chi connectivity index (χ0v) is 6.61. The van der Waals surface area contributed by atoms with Gasteiger partial charge in [-0.05, 0) is 0 Å². The van der Waals surface area contributed by atoms with Gasteiger partial charge in [0, 0.05) is 12.1 Å². The van der Waals surface area contributed by atoms with Crippen molar-refractivity contribution in [2.75, 3.05) is 0 Å². The molecule has 0 fully saturated rings. The Balaban J connectivity index is 2.66. The van der Waals surface area contributed by atoms with Crippen molar-refractivity contribution in [2.45, 2.75) is 0 Å². The van der Waals surface area contributed by atoms with Crippen LogP contribution in [0.4, 0.5) is 10.1 Å². The maximum absolute atomic E-state index is 12.7. The first kappa shape index (κ1) is 8.03. The zero-order chi connectivity index (χ0) is 9.26. The maximum Gasteiger partial charge on any atom is 0.182 e. The lowest BCUT2D eigenvalue weighted by Gasteiger charge is -1.96. The van der Waals surface area contributed by atoms with Gasteiger partial charge >= 0.3 is 0 Å². The second-order valence-electron chi connectivity index (χ2n) is 2.59. The fourth-order valence-electron chi connectivity index (χ4n) is 1.06. The van der Waals surface area contributed by atoms with Gasteiger partial charge in [-0.1, -0.05) is 0 Å². The molecule has 0 radical (unpaired) electrons. The number of pyridine rings is 2. The monoisotopic (exact) mass is 180 g/mol. The average molecular weight is 180 g/mol. The second kappa shape index (κ2) is 3.04. The maximum atomic E-state index is 12.7. The minimum Gasteiger partial charge on any atom is -0.251 e. The summed E-state index contributed by atoms with van der Waals surface area (Å²) in [5, 5.41) is 8.68. The number of hydrogen-bond acceptors (Lipinski definition) is 3. The Hall–Kier alpha value is -1.59. The van der Waals surface area contributed by atoms with E-state index in [1.807, 2.05) is 0 Å². The Morgan fingerprint density at radius 1 is 1.15 bits per heavy atom. The van der Waals surface area contributed by atoms with Crippen molar-refractivity contribution < 1.29 is 15.1 Å². The van der Waals surface area contributed by atoms with E-state index in [-0.39, 0.29) is 0 Å². The van der Waals surface area contributed by atoms with Crippen molar-refractivity contribution >= 4 is 16.7 Å². The summed E-state index contributed by atoms with van der Waals surface area (Å²) in [5.74, 6) is -0.416. The molecule has 13 heavy (non-hydrogen) atoms. The Morgan fingerprint density at radius 3 is 2.62 bits per heavy atom. The molecule has 0 spiro atoms. The number of quaternary nitrogens is 1. The van der Waals surface area contributed by atoms with Crippen LogP contribution in [0.15, 0.2) is 24.5 Å². The summed E-state index contributed by atoms with van der Waals surface area (Å²) in [6, 6.07) is 2.92.